The molecule has 1 N–H and O–H groups in total. The Morgan fingerprint density at radius 1 is 1.24 bits per heavy atom. The van der Waals surface area contributed by atoms with Gasteiger partial charge in [0.25, 0.3) is 0 Å². The van der Waals surface area contributed by atoms with Crippen LogP contribution in [0, 0.1) is 6.57 Å². The summed E-state index contributed by atoms with van der Waals surface area (Å²) in [5.74, 6) is -0.433. The molecule has 0 fully saturated rings. The van der Waals surface area contributed by atoms with Gasteiger partial charge in [-0.2, -0.15) is 0 Å². The van der Waals surface area contributed by atoms with E-state index in [2.05, 4.69) is 9.83 Å². The van der Waals surface area contributed by atoms with Crippen LogP contribution >= 0.6 is 11.8 Å². The highest BCUT2D eigenvalue weighted by Gasteiger charge is 2.10. The van der Waals surface area contributed by atoms with Crippen LogP contribution in [0.5, 0.6) is 0 Å². The lowest BCUT2D eigenvalue weighted by Gasteiger charge is -2.04. The number of rotatable bonds is 4. The molecular weight excluding hydrogens is 284 g/mol. The number of carboxylic acid groups (broad SMARTS) is 1. The van der Waals surface area contributed by atoms with E-state index in [1.54, 1.807) is 0 Å². The highest BCUT2D eigenvalue weighted by atomic mass is 32.2. The summed E-state index contributed by atoms with van der Waals surface area (Å²) in [5.41, 5.74) is 1.44. The van der Waals surface area contributed by atoms with E-state index in [1.807, 2.05) is 44.2 Å². The Balaban J connectivity index is 0.00000106. The Labute approximate surface area is 128 Å². The largest absolute Gasteiger partial charge is 0.477 e. The van der Waals surface area contributed by atoms with E-state index in [1.165, 1.54) is 23.9 Å². The van der Waals surface area contributed by atoms with Crippen molar-refractivity contribution in [2.24, 2.45) is 0 Å². The van der Waals surface area contributed by atoms with Crippen LogP contribution < -0.4 is 0 Å². The first-order valence-corrected chi connectivity index (χ1v) is 7.48. The third kappa shape index (κ3) is 4.93. The van der Waals surface area contributed by atoms with Gasteiger partial charge in [0, 0.05) is 5.75 Å². The van der Waals surface area contributed by atoms with Crippen molar-refractivity contribution in [3.05, 3.63) is 65.1 Å². The van der Waals surface area contributed by atoms with Gasteiger partial charge in [-0.05, 0) is 11.6 Å². The molecule has 2 aromatic rings. The lowest BCUT2D eigenvalue weighted by atomic mass is 10.2. The summed E-state index contributed by atoms with van der Waals surface area (Å²) < 4.78 is 0. The number of hydrogen-bond donors (Lipinski definition) is 1. The molecule has 0 aliphatic rings. The van der Waals surface area contributed by atoms with Crippen molar-refractivity contribution in [3.8, 4) is 0 Å². The van der Waals surface area contributed by atoms with Crippen molar-refractivity contribution < 1.29 is 9.90 Å². The monoisotopic (exact) mass is 300 g/mol. The predicted molar refractivity (Wildman–Crippen MR) is 84.8 cm³/mol. The number of pyridine rings is 1. The molecule has 2 rings (SSSR count). The van der Waals surface area contributed by atoms with Gasteiger partial charge in [0.15, 0.2) is 0 Å². The van der Waals surface area contributed by atoms with Crippen molar-refractivity contribution >= 4 is 23.4 Å². The summed E-state index contributed by atoms with van der Waals surface area (Å²) in [5, 5.41) is 9.37. The zero-order valence-electron chi connectivity index (χ0n) is 11.9. The molecule has 0 amide bonds. The van der Waals surface area contributed by atoms with Gasteiger partial charge in [0.05, 0.1) is 6.57 Å². The first kappa shape index (κ1) is 16.7. The van der Waals surface area contributed by atoms with Gasteiger partial charge in [-0.15, -0.1) is 11.8 Å². The minimum Gasteiger partial charge on any atom is -0.477 e. The molecule has 0 radical (unpaired) electrons. The van der Waals surface area contributed by atoms with Crippen LogP contribution in [-0.2, 0) is 5.75 Å². The predicted octanol–water partition coefficient (Wildman–Crippen LogP) is 4.65. The van der Waals surface area contributed by atoms with Crippen LogP contribution in [0.25, 0.3) is 4.85 Å². The standard InChI is InChI=1S/C14H10N2O2S.C2H6/c1-15-11-7-8-12(14(17)18)16-13(11)19-9-10-5-3-2-4-6-10;1-2/h2-8H,9H2,(H,17,18);1-2H3. The Morgan fingerprint density at radius 2 is 1.90 bits per heavy atom. The molecule has 0 saturated heterocycles. The van der Waals surface area contributed by atoms with E-state index in [-0.39, 0.29) is 5.69 Å². The zero-order chi connectivity index (χ0) is 15.7. The van der Waals surface area contributed by atoms with Crippen LogP contribution in [-0.4, -0.2) is 16.1 Å². The molecule has 108 valence electrons. The van der Waals surface area contributed by atoms with E-state index in [0.717, 1.165) is 5.56 Å². The van der Waals surface area contributed by atoms with Crippen LogP contribution in [0.1, 0.15) is 29.9 Å². The van der Waals surface area contributed by atoms with Gasteiger partial charge in [0.2, 0.25) is 5.69 Å². The molecular formula is C16H16N2O2S. The molecule has 0 spiro atoms. The van der Waals surface area contributed by atoms with E-state index in [4.69, 9.17) is 11.7 Å². The molecule has 0 saturated carbocycles. The van der Waals surface area contributed by atoms with Crippen molar-refractivity contribution in [3.63, 3.8) is 0 Å². The summed E-state index contributed by atoms with van der Waals surface area (Å²) in [7, 11) is 0. The molecule has 4 nitrogen and oxygen atoms in total. The Bertz CT molecular complexity index is 636. The summed E-state index contributed by atoms with van der Waals surface area (Å²) >= 11 is 1.37. The number of carboxylic acids is 1. The van der Waals surface area contributed by atoms with E-state index in [9.17, 15) is 4.79 Å². The molecule has 0 atom stereocenters. The first-order chi connectivity index (χ1) is 10.2. The molecule has 1 aromatic carbocycles. The highest BCUT2D eigenvalue weighted by Crippen LogP contribution is 2.30. The number of aromatic nitrogens is 1. The molecule has 5 heteroatoms. The van der Waals surface area contributed by atoms with Crippen molar-refractivity contribution in [1.82, 2.24) is 4.98 Å². The van der Waals surface area contributed by atoms with Crippen LogP contribution in [0.4, 0.5) is 5.69 Å². The maximum absolute atomic E-state index is 10.9. The third-order valence-corrected chi connectivity index (χ3v) is 3.45. The summed E-state index contributed by atoms with van der Waals surface area (Å²) in [6.45, 7) is 11.1. The number of hydrogen-bond acceptors (Lipinski definition) is 3. The number of thioether (sulfide) groups is 1. The van der Waals surface area contributed by atoms with Gasteiger partial charge in [-0.3, -0.25) is 0 Å². The zero-order valence-corrected chi connectivity index (χ0v) is 12.7. The fraction of sp³-hybridized carbons (Fsp3) is 0.188. The van der Waals surface area contributed by atoms with Crippen molar-refractivity contribution in [2.45, 2.75) is 24.6 Å². The third-order valence-electron chi connectivity index (χ3n) is 2.40. The average Bonchev–Trinajstić information content (AvgIpc) is 2.55. The summed E-state index contributed by atoms with van der Waals surface area (Å²) in [4.78, 5) is 18.2. The number of aromatic carboxylic acids is 1. The molecule has 0 unspecified atom stereocenters. The molecule has 1 aromatic heterocycles. The Morgan fingerprint density at radius 3 is 2.48 bits per heavy atom. The van der Waals surface area contributed by atoms with Crippen molar-refractivity contribution in [1.29, 1.82) is 0 Å². The molecule has 0 bridgehead atoms. The fourth-order valence-corrected chi connectivity index (χ4v) is 2.39. The lowest BCUT2D eigenvalue weighted by molar-refractivity contribution is 0.0690. The number of benzene rings is 1. The maximum Gasteiger partial charge on any atom is 0.354 e. The first-order valence-electron chi connectivity index (χ1n) is 6.49. The van der Waals surface area contributed by atoms with Crippen LogP contribution in [0.3, 0.4) is 0 Å². The quantitative estimate of drug-likeness (QED) is 0.659. The average molecular weight is 300 g/mol. The minimum absolute atomic E-state index is 0.0389. The van der Waals surface area contributed by atoms with Gasteiger partial charge >= 0.3 is 5.97 Å². The summed E-state index contributed by atoms with van der Waals surface area (Å²) in [6, 6.07) is 12.6. The van der Waals surface area contributed by atoms with Gasteiger partial charge in [-0.25, -0.2) is 14.6 Å². The smallest absolute Gasteiger partial charge is 0.354 e. The fourth-order valence-electron chi connectivity index (χ4n) is 1.47. The molecule has 0 aliphatic carbocycles. The van der Waals surface area contributed by atoms with Crippen LogP contribution in [0.2, 0.25) is 0 Å². The van der Waals surface area contributed by atoms with E-state index < -0.39 is 5.97 Å². The Hall–Kier alpha value is -2.32. The second-order valence-electron chi connectivity index (χ2n) is 3.71. The molecule has 21 heavy (non-hydrogen) atoms. The lowest BCUT2D eigenvalue weighted by Crippen LogP contribution is -2.00. The van der Waals surface area contributed by atoms with Gasteiger partial charge < -0.3 is 5.11 Å². The summed E-state index contributed by atoms with van der Waals surface area (Å²) in [6.07, 6.45) is 0. The van der Waals surface area contributed by atoms with Crippen LogP contribution in [0.15, 0.2) is 47.5 Å². The molecule has 1 heterocycles. The van der Waals surface area contributed by atoms with Gasteiger partial charge in [0.1, 0.15) is 10.7 Å². The number of nitrogens with zero attached hydrogens (tertiary/aromatic N) is 2. The van der Waals surface area contributed by atoms with Crippen molar-refractivity contribution in [2.75, 3.05) is 0 Å². The highest BCUT2D eigenvalue weighted by molar-refractivity contribution is 7.98. The normalized spacial score (nSPS) is 9.19. The minimum atomic E-state index is -1.09. The van der Waals surface area contributed by atoms with E-state index in [0.29, 0.717) is 16.5 Å². The van der Waals surface area contributed by atoms with Gasteiger partial charge in [-0.1, -0.05) is 50.2 Å². The maximum atomic E-state index is 10.9. The second-order valence-corrected chi connectivity index (χ2v) is 4.68. The number of carbonyl (C=O) groups is 1. The molecule has 0 aliphatic heterocycles. The topological polar surface area (TPSA) is 54.5 Å². The van der Waals surface area contributed by atoms with E-state index >= 15 is 0 Å². The SMILES string of the molecule is CC.[C-]#[N+]c1ccc(C(=O)O)nc1SCc1ccccc1. The Kier molecular flexibility index (Phi) is 6.99. The second kappa shape index (κ2) is 8.77.